The Morgan fingerprint density at radius 1 is 1.13 bits per heavy atom. The second-order valence-electron chi connectivity index (χ2n) is 4.49. The summed E-state index contributed by atoms with van der Waals surface area (Å²) in [6.07, 6.45) is -4.48. The maximum Gasteiger partial charge on any atom is 0.416 e. The summed E-state index contributed by atoms with van der Waals surface area (Å²) in [6.45, 7) is -0.405. The lowest BCUT2D eigenvalue weighted by atomic mass is 10.2. The molecule has 0 aromatic heterocycles. The lowest BCUT2D eigenvalue weighted by Gasteiger charge is -2.11. The van der Waals surface area contributed by atoms with Gasteiger partial charge >= 0.3 is 6.18 Å². The van der Waals surface area contributed by atoms with Crippen molar-refractivity contribution >= 4 is 34.8 Å². The molecule has 2 aromatic carbocycles. The minimum Gasteiger partial charge on any atom is -0.482 e. The molecule has 0 radical (unpaired) electrons. The Hall–Kier alpha value is -1.92. The molecule has 0 heterocycles. The predicted molar refractivity (Wildman–Crippen MR) is 82.0 cm³/mol. The third-order valence-corrected chi connectivity index (χ3v) is 3.26. The molecule has 0 saturated heterocycles. The Balaban J connectivity index is 1.97. The Labute approximate surface area is 140 Å². The number of carbonyl (C=O) groups is 1. The number of amides is 1. The molecular formula is C15H10Cl2F3NO2. The zero-order chi connectivity index (χ0) is 17.0. The first-order valence-corrected chi connectivity index (χ1v) is 7.06. The molecule has 8 heteroatoms. The normalized spacial score (nSPS) is 11.2. The molecule has 2 aromatic rings. The van der Waals surface area contributed by atoms with Crippen LogP contribution in [-0.4, -0.2) is 12.5 Å². The molecule has 0 atom stereocenters. The lowest BCUT2D eigenvalue weighted by Crippen LogP contribution is -2.20. The van der Waals surface area contributed by atoms with Crippen molar-refractivity contribution < 1.29 is 22.7 Å². The van der Waals surface area contributed by atoms with E-state index < -0.39 is 24.3 Å². The molecule has 0 aliphatic carbocycles. The standard InChI is InChI=1S/C15H10Cl2F3NO2/c16-10-4-5-13(12(17)7-10)23-8-14(22)21-11-3-1-2-9(6-11)15(18,19)20/h1-7H,8H2,(H,21,22). The van der Waals surface area contributed by atoms with Crippen LogP contribution in [0.5, 0.6) is 5.75 Å². The van der Waals surface area contributed by atoms with Gasteiger partial charge in [-0.2, -0.15) is 13.2 Å². The lowest BCUT2D eigenvalue weighted by molar-refractivity contribution is -0.137. The average Bonchev–Trinajstić information content (AvgIpc) is 2.45. The highest BCUT2D eigenvalue weighted by molar-refractivity contribution is 6.35. The molecule has 0 aliphatic heterocycles. The molecule has 0 bridgehead atoms. The van der Waals surface area contributed by atoms with E-state index in [1.165, 1.54) is 30.3 Å². The molecule has 1 amide bonds. The minimum absolute atomic E-state index is 0.0237. The van der Waals surface area contributed by atoms with Crippen LogP contribution in [0.25, 0.3) is 0 Å². The van der Waals surface area contributed by atoms with Crippen LogP contribution in [0, 0.1) is 0 Å². The van der Waals surface area contributed by atoms with E-state index in [-0.39, 0.29) is 16.5 Å². The van der Waals surface area contributed by atoms with Gasteiger partial charge in [0, 0.05) is 10.7 Å². The number of alkyl halides is 3. The molecule has 1 N–H and O–H groups in total. The van der Waals surface area contributed by atoms with Gasteiger partial charge in [-0.3, -0.25) is 4.79 Å². The topological polar surface area (TPSA) is 38.3 Å². The number of ether oxygens (including phenoxy) is 1. The predicted octanol–water partition coefficient (Wildman–Crippen LogP) is 5.03. The number of halogens is 5. The summed E-state index contributed by atoms with van der Waals surface area (Å²) in [7, 11) is 0. The summed E-state index contributed by atoms with van der Waals surface area (Å²) in [5, 5.41) is 2.96. The highest BCUT2D eigenvalue weighted by Gasteiger charge is 2.30. The highest BCUT2D eigenvalue weighted by atomic mass is 35.5. The van der Waals surface area contributed by atoms with Crippen LogP contribution in [0.15, 0.2) is 42.5 Å². The van der Waals surface area contributed by atoms with Crippen molar-refractivity contribution in [3.05, 3.63) is 58.1 Å². The zero-order valence-electron chi connectivity index (χ0n) is 11.5. The van der Waals surface area contributed by atoms with Crippen LogP contribution < -0.4 is 10.1 Å². The van der Waals surface area contributed by atoms with Crippen LogP contribution >= 0.6 is 23.2 Å². The number of rotatable bonds is 4. The molecule has 23 heavy (non-hydrogen) atoms. The number of hydrogen-bond acceptors (Lipinski definition) is 2. The molecule has 0 spiro atoms. The van der Waals surface area contributed by atoms with E-state index in [9.17, 15) is 18.0 Å². The molecule has 122 valence electrons. The van der Waals surface area contributed by atoms with Gasteiger partial charge in [-0.25, -0.2) is 0 Å². The minimum atomic E-state index is -4.48. The summed E-state index contributed by atoms with van der Waals surface area (Å²) < 4.78 is 43.0. The molecule has 0 fully saturated rings. The Kier molecular flexibility index (Phi) is 5.38. The average molecular weight is 364 g/mol. The molecule has 2 rings (SSSR count). The maximum absolute atomic E-state index is 12.6. The SMILES string of the molecule is O=C(COc1ccc(Cl)cc1Cl)Nc1cccc(C(F)(F)F)c1. The number of nitrogens with one attached hydrogen (secondary N) is 1. The van der Waals surface area contributed by atoms with E-state index in [1.807, 2.05) is 0 Å². The number of benzene rings is 2. The third kappa shape index (κ3) is 5.04. The Bertz CT molecular complexity index is 720. The van der Waals surface area contributed by atoms with E-state index >= 15 is 0 Å². The van der Waals surface area contributed by atoms with Crippen molar-refractivity contribution in [2.75, 3.05) is 11.9 Å². The molecule has 3 nitrogen and oxygen atoms in total. The van der Waals surface area contributed by atoms with E-state index in [2.05, 4.69) is 5.32 Å². The van der Waals surface area contributed by atoms with Crippen LogP contribution in [-0.2, 0) is 11.0 Å². The summed E-state index contributed by atoms with van der Waals surface area (Å²) in [6, 6.07) is 8.78. The van der Waals surface area contributed by atoms with Gasteiger partial charge in [0.25, 0.3) is 5.91 Å². The van der Waals surface area contributed by atoms with Crippen molar-refractivity contribution in [3.63, 3.8) is 0 Å². The smallest absolute Gasteiger partial charge is 0.416 e. The van der Waals surface area contributed by atoms with E-state index in [4.69, 9.17) is 27.9 Å². The van der Waals surface area contributed by atoms with E-state index in [0.29, 0.717) is 5.02 Å². The highest BCUT2D eigenvalue weighted by Crippen LogP contribution is 2.31. The van der Waals surface area contributed by atoms with Gasteiger partial charge in [0.2, 0.25) is 0 Å². The molecule has 0 aliphatic rings. The fourth-order valence-electron chi connectivity index (χ4n) is 1.71. The number of anilines is 1. The number of carbonyl (C=O) groups excluding carboxylic acids is 1. The molecule has 0 saturated carbocycles. The van der Waals surface area contributed by atoms with Crippen molar-refractivity contribution in [3.8, 4) is 5.75 Å². The zero-order valence-corrected chi connectivity index (χ0v) is 13.0. The van der Waals surface area contributed by atoms with Crippen molar-refractivity contribution in [1.29, 1.82) is 0 Å². The van der Waals surface area contributed by atoms with Gasteiger partial charge in [0.1, 0.15) is 5.75 Å². The van der Waals surface area contributed by atoms with E-state index in [0.717, 1.165) is 12.1 Å². The first kappa shape index (κ1) is 17.4. The quantitative estimate of drug-likeness (QED) is 0.827. The summed E-state index contributed by atoms with van der Waals surface area (Å²) >= 11 is 11.6. The number of hydrogen-bond donors (Lipinski definition) is 1. The maximum atomic E-state index is 12.6. The monoisotopic (exact) mass is 363 g/mol. The summed E-state index contributed by atoms with van der Waals surface area (Å²) in [4.78, 5) is 11.7. The first-order chi connectivity index (χ1) is 10.8. The Morgan fingerprint density at radius 3 is 2.52 bits per heavy atom. The van der Waals surface area contributed by atoms with E-state index in [1.54, 1.807) is 0 Å². The third-order valence-electron chi connectivity index (χ3n) is 2.73. The van der Waals surface area contributed by atoms with Gasteiger partial charge in [0.15, 0.2) is 6.61 Å². The van der Waals surface area contributed by atoms with Gasteiger partial charge in [-0.1, -0.05) is 29.3 Å². The van der Waals surface area contributed by atoms with Crippen molar-refractivity contribution in [2.24, 2.45) is 0 Å². The fourth-order valence-corrected chi connectivity index (χ4v) is 2.17. The van der Waals surface area contributed by atoms with Crippen molar-refractivity contribution in [1.82, 2.24) is 0 Å². The summed E-state index contributed by atoms with van der Waals surface area (Å²) in [5.74, 6) is -0.370. The van der Waals surface area contributed by atoms with Crippen LogP contribution in [0.1, 0.15) is 5.56 Å². The van der Waals surface area contributed by atoms with Crippen LogP contribution in [0.2, 0.25) is 10.0 Å². The van der Waals surface area contributed by atoms with Gasteiger partial charge in [0.05, 0.1) is 10.6 Å². The fraction of sp³-hybridized carbons (Fsp3) is 0.133. The van der Waals surface area contributed by atoms with Gasteiger partial charge < -0.3 is 10.1 Å². The second kappa shape index (κ2) is 7.10. The molecule has 0 unspecified atom stereocenters. The Morgan fingerprint density at radius 2 is 1.87 bits per heavy atom. The first-order valence-electron chi connectivity index (χ1n) is 6.30. The van der Waals surface area contributed by atoms with Crippen LogP contribution in [0.4, 0.5) is 18.9 Å². The van der Waals surface area contributed by atoms with Gasteiger partial charge in [-0.05, 0) is 36.4 Å². The molecular weight excluding hydrogens is 354 g/mol. The second-order valence-corrected chi connectivity index (χ2v) is 5.33. The van der Waals surface area contributed by atoms with Crippen molar-refractivity contribution in [2.45, 2.75) is 6.18 Å². The largest absolute Gasteiger partial charge is 0.482 e. The van der Waals surface area contributed by atoms with Gasteiger partial charge in [-0.15, -0.1) is 0 Å². The van der Waals surface area contributed by atoms with Crippen LogP contribution in [0.3, 0.4) is 0 Å². The summed E-state index contributed by atoms with van der Waals surface area (Å²) in [5.41, 5.74) is -0.826.